The van der Waals surface area contributed by atoms with Crippen molar-refractivity contribution < 1.29 is 9.59 Å². The lowest BCUT2D eigenvalue weighted by Gasteiger charge is -2.25. The van der Waals surface area contributed by atoms with E-state index < -0.39 is 0 Å². The van der Waals surface area contributed by atoms with Crippen molar-refractivity contribution in [2.24, 2.45) is 5.92 Å². The lowest BCUT2D eigenvalue weighted by Crippen LogP contribution is -2.32. The van der Waals surface area contributed by atoms with E-state index in [4.69, 9.17) is 0 Å². The quantitative estimate of drug-likeness (QED) is 0.850. The fourth-order valence-electron chi connectivity index (χ4n) is 2.39. The molecule has 0 aromatic heterocycles. The summed E-state index contributed by atoms with van der Waals surface area (Å²) in [5, 5.41) is 5.71. The minimum Gasteiger partial charge on any atom is -0.352 e. The number of anilines is 1. The summed E-state index contributed by atoms with van der Waals surface area (Å²) in [4.78, 5) is 23.2. The van der Waals surface area contributed by atoms with Gasteiger partial charge in [-0.25, -0.2) is 0 Å². The van der Waals surface area contributed by atoms with Gasteiger partial charge in [0.15, 0.2) is 0 Å². The van der Waals surface area contributed by atoms with Gasteiger partial charge in [0.05, 0.1) is 6.42 Å². The average molecular weight is 244 g/mol. The van der Waals surface area contributed by atoms with Crippen molar-refractivity contribution in [3.05, 3.63) is 29.3 Å². The second-order valence-electron chi connectivity index (χ2n) is 5.10. The van der Waals surface area contributed by atoms with Gasteiger partial charge in [-0.3, -0.25) is 9.59 Å². The molecule has 0 spiro atoms. The number of carbonyl (C=O) groups excluding carboxylic acids is 2. The maximum absolute atomic E-state index is 11.9. The van der Waals surface area contributed by atoms with Gasteiger partial charge in [-0.2, -0.15) is 0 Å². The molecule has 1 aliphatic heterocycles. The van der Waals surface area contributed by atoms with E-state index in [2.05, 4.69) is 10.6 Å². The van der Waals surface area contributed by atoms with E-state index in [1.54, 1.807) is 12.1 Å². The monoisotopic (exact) mass is 244 g/mol. The summed E-state index contributed by atoms with van der Waals surface area (Å²) in [6, 6.07) is 5.40. The zero-order valence-electron chi connectivity index (χ0n) is 10.2. The topological polar surface area (TPSA) is 58.2 Å². The lowest BCUT2D eigenvalue weighted by molar-refractivity contribution is -0.115. The summed E-state index contributed by atoms with van der Waals surface area (Å²) in [6.45, 7) is 0.766. The number of carbonyl (C=O) groups is 2. The Morgan fingerprint density at radius 1 is 1.39 bits per heavy atom. The minimum atomic E-state index is -0.0501. The molecule has 0 unspecified atom stereocenters. The molecule has 1 saturated carbocycles. The Bertz CT molecular complexity index is 507. The van der Waals surface area contributed by atoms with E-state index >= 15 is 0 Å². The molecule has 4 heteroatoms. The van der Waals surface area contributed by atoms with Crippen LogP contribution in [0.4, 0.5) is 5.69 Å². The molecule has 1 heterocycles. The third-order valence-corrected chi connectivity index (χ3v) is 3.77. The van der Waals surface area contributed by atoms with Gasteiger partial charge >= 0.3 is 0 Å². The second kappa shape index (κ2) is 4.44. The van der Waals surface area contributed by atoms with Gasteiger partial charge in [-0.1, -0.05) is 12.5 Å². The average Bonchev–Trinajstić information content (AvgIpc) is 2.65. The van der Waals surface area contributed by atoms with Crippen LogP contribution in [-0.2, 0) is 11.2 Å². The number of nitrogens with one attached hydrogen (secondary N) is 2. The fraction of sp³-hybridized carbons (Fsp3) is 0.429. The Balaban J connectivity index is 1.66. The number of rotatable bonds is 3. The Hall–Kier alpha value is -1.84. The Labute approximate surface area is 106 Å². The van der Waals surface area contributed by atoms with Crippen LogP contribution >= 0.6 is 0 Å². The molecule has 1 aliphatic carbocycles. The summed E-state index contributed by atoms with van der Waals surface area (Å²) in [6.07, 6.45) is 4.14. The molecule has 3 rings (SSSR count). The molecule has 0 saturated heterocycles. The molecule has 0 bridgehead atoms. The molecule has 1 aromatic carbocycles. The fourth-order valence-corrected chi connectivity index (χ4v) is 2.39. The van der Waals surface area contributed by atoms with Gasteiger partial charge in [-0.15, -0.1) is 0 Å². The molecule has 4 nitrogen and oxygen atoms in total. The molecule has 1 fully saturated rings. The Kier molecular flexibility index (Phi) is 2.78. The highest BCUT2D eigenvalue weighted by molar-refractivity contribution is 6.02. The predicted octanol–water partition coefficient (Wildman–Crippen LogP) is 1.71. The lowest BCUT2D eigenvalue weighted by atomic mass is 9.85. The van der Waals surface area contributed by atoms with Crippen LogP contribution in [0.3, 0.4) is 0 Å². The van der Waals surface area contributed by atoms with E-state index in [0.717, 1.165) is 17.8 Å². The molecule has 1 aromatic rings. The van der Waals surface area contributed by atoms with Crippen molar-refractivity contribution in [3.63, 3.8) is 0 Å². The Morgan fingerprint density at radius 2 is 2.22 bits per heavy atom. The van der Waals surface area contributed by atoms with Crippen LogP contribution in [0.2, 0.25) is 0 Å². The van der Waals surface area contributed by atoms with Gasteiger partial charge in [0, 0.05) is 17.8 Å². The third-order valence-electron chi connectivity index (χ3n) is 3.77. The maximum atomic E-state index is 11.9. The first-order chi connectivity index (χ1) is 8.72. The van der Waals surface area contributed by atoms with Crippen LogP contribution in [0.15, 0.2) is 18.2 Å². The van der Waals surface area contributed by atoms with Crippen LogP contribution in [-0.4, -0.2) is 18.4 Å². The van der Waals surface area contributed by atoms with Crippen LogP contribution < -0.4 is 10.6 Å². The SMILES string of the molecule is O=C1Cc2ccc(C(=O)NCC3CCC3)cc2N1. The van der Waals surface area contributed by atoms with Crippen LogP contribution in [0.25, 0.3) is 0 Å². The van der Waals surface area contributed by atoms with Crippen molar-refractivity contribution in [2.45, 2.75) is 25.7 Å². The van der Waals surface area contributed by atoms with E-state index in [9.17, 15) is 9.59 Å². The number of benzene rings is 1. The number of amides is 2. The van der Waals surface area contributed by atoms with E-state index in [1.807, 2.05) is 6.07 Å². The largest absolute Gasteiger partial charge is 0.352 e. The molecule has 0 atom stereocenters. The summed E-state index contributed by atoms with van der Waals surface area (Å²) in [5.74, 6) is 0.603. The highest BCUT2D eigenvalue weighted by atomic mass is 16.2. The van der Waals surface area contributed by atoms with Crippen LogP contribution in [0, 0.1) is 5.92 Å². The van der Waals surface area contributed by atoms with Crippen molar-refractivity contribution in [3.8, 4) is 0 Å². The normalized spacial score (nSPS) is 17.9. The molecule has 2 amide bonds. The van der Waals surface area contributed by atoms with Gasteiger partial charge in [0.2, 0.25) is 5.91 Å². The van der Waals surface area contributed by atoms with Gasteiger partial charge < -0.3 is 10.6 Å². The molecule has 18 heavy (non-hydrogen) atoms. The number of hydrogen-bond donors (Lipinski definition) is 2. The maximum Gasteiger partial charge on any atom is 0.251 e. The van der Waals surface area contributed by atoms with Crippen LogP contribution in [0.1, 0.15) is 35.2 Å². The molecule has 0 radical (unpaired) electrons. The highest BCUT2D eigenvalue weighted by Gasteiger charge is 2.21. The van der Waals surface area contributed by atoms with Crippen molar-refractivity contribution in [2.75, 3.05) is 11.9 Å². The third kappa shape index (κ3) is 2.10. The van der Waals surface area contributed by atoms with Crippen LogP contribution in [0.5, 0.6) is 0 Å². The predicted molar refractivity (Wildman–Crippen MR) is 68.4 cm³/mol. The number of hydrogen-bond acceptors (Lipinski definition) is 2. The standard InChI is InChI=1S/C14H16N2O2/c17-13-7-10-4-5-11(6-12(10)16-13)14(18)15-8-9-2-1-3-9/h4-6,9H,1-3,7-8H2,(H,15,18)(H,16,17). The second-order valence-corrected chi connectivity index (χ2v) is 5.10. The Morgan fingerprint density at radius 3 is 2.94 bits per heavy atom. The van der Waals surface area contributed by atoms with Gasteiger partial charge in [0.1, 0.15) is 0 Å². The summed E-state index contributed by atoms with van der Waals surface area (Å²) in [7, 11) is 0. The molecule has 94 valence electrons. The molecular weight excluding hydrogens is 228 g/mol. The molecule has 2 aliphatic rings. The first kappa shape index (κ1) is 11.3. The minimum absolute atomic E-state index is 0.00275. The first-order valence-electron chi connectivity index (χ1n) is 6.43. The smallest absolute Gasteiger partial charge is 0.251 e. The summed E-state index contributed by atoms with van der Waals surface area (Å²) >= 11 is 0. The molecule has 2 N–H and O–H groups in total. The molecular formula is C14H16N2O2. The summed E-state index contributed by atoms with van der Waals surface area (Å²) in [5.41, 5.74) is 2.36. The zero-order valence-corrected chi connectivity index (χ0v) is 10.2. The first-order valence-corrected chi connectivity index (χ1v) is 6.43. The highest BCUT2D eigenvalue weighted by Crippen LogP contribution is 2.26. The van der Waals surface area contributed by atoms with Crippen molar-refractivity contribution >= 4 is 17.5 Å². The van der Waals surface area contributed by atoms with E-state index in [1.165, 1.54) is 19.3 Å². The van der Waals surface area contributed by atoms with Gasteiger partial charge in [-0.05, 0) is 36.5 Å². The van der Waals surface area contributed by atoms with Crippen molar-refractivity contribution in [1.82, 2.24) is 5.32 Å². The summed E-state index contributed by atoms with van der Waals surface area (Å²) < 4.78 is 0. The van der Waals surface area contributed by atoms with Crippen molar-refractivity contribution in [1.29, 1.82) is 0 Å². The zero-order chi connectivity index (χ0) is 12.5. The van der Waals surface area contributed by atoms with E-state index in [-0.39, 0.29) is 11.8 Å². The van der Waals surface area contributed by atoms with Gasteiger partial charge in [0.25, 0.3) is 5.91 Å². The van der Waals surface area contributed by atoms with E-state index in [0.29, 0.717) is 17.9 Å². The number of fused-ring (bicyclic) bond motifs is 1.